The van der Waals surface area contributed by atoms with Gasteiger partial charge in [-0.1, -0.05) is 0 Å². The van der Waals surface area contributed by atoms with Crippen LogP contribution in [0.3, 0.4) is 0 Å². The molecule has 0 unspecified atom stereocenters. The van der Waals surface area contributed by atoms with Gasteiger partial charge in [0.05, 0.1) is 13.2 Å². The predicted molar refractivity (Wildman–Crippen MR) is 44.4 cm³/mol. The van der Waals surface area contributed by atoms with Crippen molar-refractivity contribution in [2.75, 3.05) is 47.2 Å². The lowest BCUT2D eigenvalue weighted by Gasteiger charge is -2.18. The lowest BCUT2D eigenvalue weighted by atomic mass is 10.5. The van der Waals surface area contributed by atoms with Crippen LogP contribution in [0.15, 0.2) is 0 Å². The minimum absolute atomic E-state index is 0.562. The molecular formula is C7H18N2O2. The first-order valence-electron chi connectivity index (χ1n) is 3.75. The Hall–Kier alpha value is -0.160. The van der Waals surface area contributed by atoms with Crippen LogP contribution in [0.5, 0.6) is 0 Å². The Balaban J connectivity index is 3.25. The van der Waals surface area contributed by atoms with Crippen LogP contribution < -0.4 is 5.73 Å². The van der Waals surface area contributed by atoms with Gasteiger partial charge in [0.15, 0.2) is 0 Å². The quantitative estimate of drug-likeness (QED) is 0.513. The molecule has 0 aliphatic carbocycles. The lowest BCUT2D eigenvalue weighted by molar-refractivity contribution is 0.116. The highest BCUT2D eigenvalue weighted by Gasteiger charge is 1.99. The van der Waals surface area contributed by atoms with Gasteiger partial charge < -0.3 is 15.2 Å². The molecule has 0 radical (unpaired) electrons. The molecule has 0 saturated heterocycles. The van der Waals surface area contributed by atoms with Gasteiger partial charge in [-0.05, 0) is 0 Å². The van der Waals surface area contributed by atoms with Gasteiger partial charge >= 0.3 is 0 Å². The maximum Gasteiger partial charge on any atom is 0.0590 e. The number of hydrogen-bond acceptors (Lipinski definition) is 4. The van der Waals surface area contributed by atoms with E-state index in [1.807, 2.05) is 0 Å². The Kier molecular flexibility index (Phi) is 7.83. The van der Waals surface area contributed by atoms with Crippen molar-refractivity contribution >= 4 is 0 Å². The van der Waals surface area contributed by atoms with E-state index >= 15 is 0 Å². The van der Waals surface area contributed by atoms with Gasteiger partial charge in [0.25, 0.3) is 0 Å². The standard InChI is InChI=1S/C7H18N2O2/c1-10-5-3-9(7-8)4-6-11-2/h3-8H2,1-2H3. The average molecular weight is 162 g/mol. The second kappa shape index (κ2) is 7.94. The number of ether oxygens (including phenoxy) is 2. The van der Waals surface area contributed by atoms with Gasteiger partial charge in [-0.25, -0.2) is 0 Å². The molecule has 0 aromatic carbocycles. The summed E-state index contributed by atoms with van der Waals surface area (Å²) in [5.74, 6) is 0. The normalized spacial score (nSPS) is 10.9. The molecule has 0 heterocycles. The van der Waals surface area contributed by atoms with Gasteiger partial charge in [-0.15, -0.1) is 0 Å². The van der Waals surface area contributed by atoms with Crippen LogP contribution in [0.2, 0.25) is 0 Å². The Morgan fingerprint density at radius 2 is 1.55 bits per heavy atom. The highest BCUT2D eigenvalue weighted by atomic mass is 16.5. The number of nitrogens with two attached hydrogens (primary N) is 1. The lowest BCUT2D eigenvalue weighted by Crippen LogP contribution is -2.35. The fourth-order valence-corrected chi connectivity index (χ4v) is 0.735. The van der Waals surface area contributed by atoms with Crippen LogP contribution >= 0.6 is 0 Å². The van der Waals surface area contributed by atoms with Crippen LogP contribution in [-0.4, -0.2) is 52.1 Å². The van der Waals surface area contributed by atoms with E-state index in [0.29, 0.717) is 6.67 Å². The molecule has 4 heteroatoms. The van der Waals surface area contributed by atoms with E-state index in [2.05, 4.69) is 4.90 Å². The third kappa shape index (κ3) is 6.25. The van der Waals surface area contributed by atoms with Crippen molar-refractivity contribution in [2.45, 2.75) is 0 Å². The highest BCUT2D eigenvalue weighted by Crippen LogP contribution is 1.84. The van der Waals surface area contributed by atoms with E-state index < -0.39 is 0 Å². The number of nitrogens with zero attached hydrogens (tertiary/aromatic N) is 1. The third-order valence-electron chi connectivity index (χ3n) is 1.48. The molecule has 0 fully saturated rings. The highest BCUT2D eigenvalue weighted by molar-refractivity contribution is 4.52. The average Bonchev–Trinajstić information content (AvgIpc) is 2.05. The fraction of sp³-hybridized carbons (Fsp3) is 1.00. The Morgan fingerprint density at radius 1 is 1.09 bits per heavy atom. The Bertz CT molecular complexity index is 72.8. The molecule has 0 saturated carbocycles. The summed E-state index contributed by atoms with van der Waals surface area (Å²) in [5.41, 5.74) is 5.47. The molecule has 0 bridgehead atoms. The maximum absolute atomic E-state index is 5.47. The van der Waals surface area contributed by atoms with Crippen LogP contribution in [-0.2, 0) is 9.47 Å². The van der Waals surface area contributed by atoms with Crippen molar-refractivity contribution in [3.63, 3.8) is 0 Å². The Morgan fingerprint density at radius 3 is 1.82 bits per heavy atom. The maximum atomic E-state index is 5.47. The zero-order valence-corrected chi connectivity index (χ0v) is 7.38. The van der Waals surface area contributed by atoms with Gasteiger partial charge in [0.1, 0.15) is 0 Å². The van der Waals surface area contributed by atoms with E-state index in [1.165, 1.54) is 0 Å². The van der Waals surface area contributed by atoms with E-state index in [1.54, 1.807) is 14.2 Å². The molecular weight excluding hydrogens is 144 g/mol. The summed E-state index contributed by atoms with van der Waals surface area (Å²) in [6.07, 6.45) is 0. The number of rotatable bonds is 7. The van der Waals surface area contributed by atoms with Crippen molar-refractivity contribution in [3.05, 3.63) is 0 Å². The van der Waals surface area contributed by atoms with Crippen LogP contribution in [0.1, 0.15) is 0 Å². The minimum Gasteiger partial charge on any atom is -0.383 e. The Labute approximate surface area is 68.3 Å². The van der Waals surface area contributed by atoms with Crippen molar-refractivity contribution in [3.8, 4) is 0 Å². The van der Waals surface area contributed by atoms with E-state index in [-0.39, 0.29) is 0 Å². The van der Waals surface area contributed by atoms with Gasteiger partial charge in [0, 0.05) is 34.0 Å². The largest absolute Gasteiger partial charge is 0.383 e. The van der Waals surface area contributed by atoms with Gasteiger partial charge in [-0.3, -0.25) is 4.90 Å². The summed E-state index contributed by atoms with van der Waals surface area (Å²) in [5, 5.41) is 0. The second-order valence-electron chi connectivity index (χ2n) is 2.29. The smallest absolute Gasteiger partial charge is 0.0590 e. The molecule has 0 aliphatic heterocycles. The molecule has 0 amide bonds. The summed E-state index contributed by atoms with van der Waals surface area (Å²) in [6, 6.07) is 0. The fourth-order valence-electron chi connectivity index (χ4n) is 0.735. The molecule has 0 aromatic heterocycles. The molecule has 0 aliphatic rings. The first kappa shape index (κ1) is 10.8. The zero-order chi connectivity index (χ0) is 8.53. The first-order chi connectivity index (χ1) is 5.35. The number of methoxy groups -OCH3 is 2. The summed E-state index contributed by atoms with van der Waals surface area (Å²) < 4.78 is 9.83. The van der Waals surface area contributed by atoms with E-state index in [9.17, 15) is 0 Å². The van der Waals surface area contributed by atoms with Crippen molar-refractivity contribution in [2.24, 2.45) is 5.73 Å². The third-order valence-corrected chi connectivity index (χ3v) is 1.48. The molecule has 0 aromatic rings. The van der Waals surface area contributed by atoms with Crippen LogP contribution in [0.4, 0.5) is 0 Å². The van der Waals surface area contributed by atoms with Gasteiger partial charge in [0.2, 0.25) is 0 Å². The van der Waals surface area contributed by atoms with Gasteiger partial charge in [-0.2, -0.15) is 0 Å². The van der Waals surface area contributed by atoms with E-state index in [4.69, 9.17) is 15.2 Å². The van der Waals surface area contributed by atoms with Crippen LogP contribution in [0.25, 0.3) is 0 Å². The second-order valence-corrected chi connectivity index (χ2v) is 2.29. The summed E-state index contributed by atoms with van der Waals surface area (Å²) in [4.78, 5) is 2.08. The monoisotopic (exact) mass is 162 g/mol. The molecule has 68 valence electrons. The molecule has 4 nitrogen and oxygen atoms in total. The first-order valence-corrected chi connectivity index (χ1v) is 3.75. The topological polar surface area (TPSA) is 47.7 Å². The van der Waals surface area contributed by atoms with Crippen molar-refractivity contribution in [1.29, 1.82) is 0 Å². The SMILES string of the molecule is COCCN(CN)CCOC. The van der Waals surface area contributed by atoms with Crippen LogP contribution in [0, 0.1) is 0 Å². The predicted octanol–water partition coefficient (Wildman–Crippen LogP) is -0.503. The summed E-state index contributed by atoms with van der Waals surface area (Å²) in [7, 11) is 3.37. The van der Waals surface area contributed by atoms with Crippen molar-refractivity contribution < 1.29 is 9.47 Å². The molecule has 0 spiro atoms. The molecule has 0 rings (SSSR count). The summed E-state index contributed by atoms with van der Waals surface area (Å²) in [6.45, 7) is 3.75. The molecule has 2 N–H and O–H groups in total. The zero-order valence-electron chi connectivity index (χ0n) is 7.38. The molecule has 11 heavy (non-hydrogen) atoms. The van der Waals surface area contributed by atoms with E-state index in [0.717, 1.165) is 26.3 Å². The number of hydrogen-bond donors (Lipinski definition) is 1. The minimum atomic E-state index is 0.562. The summed E-state index contributed by atoms with van der Waals surface area (Å²) >= 11 is 0. The van der Waals surface area contributed by atoms with Crippen molar-refractivity contribution in [1.82, 2.24) is 4.90 Å². The molecule has 0 atom stereocenters.